The van der Waals surface area contributed by atoms with Crippen LogP contribution in [0.25, 0.3) is 0 Å². The van der Waals surface area contributed by atoms with Crippen molar-refractivity contribution in [1.82, 2.24) is 15.1 Å². The molecule has 116 valence electrons. The third kappa shape index (κ3) is 4.04. The molecule has 0 saturated heterocycles. The Bertz CT molecular complexity index is 518. The topological polar surface area (TPSA) is 96.3 Å². The van der Waals surface area contributed by atoms with E-state index in [1.807, 2.05) is 0 Å². The van der Waals surface area contributed by atoms with Crippen LogP contribution in [-0.4, -0.2) is 39.4 Å². The Morgan fingerprint density at radius 1 is 1.48 bits per heavy atom. The van der Waals surface area contributed by atoms with Gasteiger partial charge in [0.1, 0.15) is 5.82 Å². The van der Waals surface area contributed by atoms with Crippen molar-refractivity contribution in [3.05, 3.63) is 11.8 Å². The van der Waals surface area contributed by atoms with Crippen molar-refractivity contribution in [1.29, 1.82) is 0 Å². The fourth-order valence-electron chi connectivity index (χ4n) is 2.44. The number of aryl methyl sites for hydroxylation is 1. The second-order valence-corrected chi connectivity index (χ2v) is 5.57. The van der Waals surface area contributed by atoms with Gasteiger partial charge < -0.3 is 15.7 Å². The predicted molar refractivity (Wildman–Crippen MR) is 77.8 cm³/mol. The molecule has 0 bridgehead atoms. The maximum Gasteiger partial charge on any atom is 0.271 e. The summed E-state index contributed by atoms with van der Waals surface area (Å²) in [4.78, 5) is 23.9. The third-order valence-electron chi connectivity index (χ3n) is 3.65. The van der Waals surface area contributed by atoms with Crippen LogP contribution in [0.1, 0.15) is 43.1 Å². The summed E-state index contributed by atoms with van der Waals surface area (Å²) in [5.74, 6) is 0.195. The number of hydrogen-bond donors (Lipinski definition) is 3. The normalized spacial score (nSPS) is 16.7. The largest absolute Gasteiger partial charge is 0.392 e. The van der Waals surface area contributed by atoms with Crippen LogP contribution >= 0.6 is 0 Å². The minimum Gasteiger partial charge on any atom is -0.392 e. The summed E-state index contributed by atoms with van der Waals surface area (Å²) in [5.41, 5.74) is 0.222. The van der Waals surface area contributed by atoms with E-state index in [-0.39, 0.29) is 30.0 Å². The Morgan fingerprint density at radius 3 is 2.76 bits per heavy atom. The number of nitrogens with one attached hydrogen (secondary N) is 2. The maximum absolute atomic E-state index is 12.1. The first-order valence-electron chi connectivity index (χ1n) is 7.28. The van der Waals surface area contributed by atoms with Gasteiger partial charge in [0, 0.05) is 25.6 Å². The van der Waals surface area contributed by atoms with Gasteiger partial charge >= 0.3 is 0 Å². The molecule has 1 fully saturated rings. The lowest BCUT2D eigenvalue weighted by atomic mass is 10.1. The van der Waals surface area contributed by atoms with Crippen molar-refractivity contribution in [3.8, 4) is 0 Å². The molecule has 1 aliphatic rings. The molecule has 1 atom stereocenters. The van der Waals surface area contributed by atoms with Crippen LogP contribution in [0.2, 0.25) is 0 Å². The van der Waals surface area contributed by atoms with Gasteiger partial charge in [0.15, 0.2) is 5.69 Å². The average molecular weight is 294 g/mol. The zero-order valence-electron chi connectivity index (χ0n) is 12.4. The molecule has 1 aliphatic carbocycles. The summed E-state index contributed by atoms with van der Waals surface area (Å²) in [6, 6.07) is 1.55. The molecule has 3 N–H and O–H groups in total. The zero-order valence-corrected chi connectivity index (χ0v) is 12.4. The molecule has 0 aliphatic heterocycles. The van der Waals surface area contributed by atoms with Crippen LogP contribution in [-0.2, 0) is 11.8 Å². The van der Waals surface area contributed by atoms with Gasteiger partial charge in [-0.25, -0.2) is 0 Å². The smallest absolute Gasteiger partial charge is 0.271 e. The summed E-state index contributed by atoms with van der Waals surface area (Å²) in [6.07, 6.45) is 3.42. The van der Waals surface area contributed by atoms with Gasteiger partial charge in [-0.3, -0.25) is 14.3 Å². The maximum atomic E-state index is 12.1. The first-order valence-corrected chi connectivity index (χ1v) is 7.28. The van der Waals surface area contributed by atoms with E-state index in [0.717, 1.165) is 25.7 Å². The standard InChI is InChI=1S/C14H22N4O3/c1-9(19)8-15-14(21)11-7-12(18(2)17-11)16-13(20)10-5-3-4-6-10/h7,9-10,19H,3-6,8H2,1-2H3,(H,15,21)(H,16,20). The van der Waals surface area contributed by atoms with Crippen molar-refractivity contribution in [2.75, 3.05) is 11.9 Å². The molecule has 1 unspecified atom stereocenters. The van der Waals surface area contributed by atoms with E-state index in [1.54, 1.807) is 20.0 Å². The molecule has 7 nitrogen and oxygen atoms in total. The number of amides is 2. The predicted octanol–water partition coefficient (Wildman–Crippen LogP) is 0.659. The number of aliphatic hydroxyl groups is 1. The number of aromatic nitrogens is 2. The molecule has 1 aromatic heterocycles. The molecule has 7 heteroatoms. The highest BCUT2D eigenvalue weighted by molar-refractivity contribution is 5.96. The highest BCUT2D eigenvalue weighted by atomic mass is 16.3. The van der Waals surface area contributed by atoms with Crippen LogP contribution in [0, 0.1) is 5.92 Å². The van der Waals surface area contributed by atoms with Gasteiger partial charge in [0.25, 0.3) is 5.91 Å². The van der Waals surface area contributed by atoms with Crippen molar-refractivity contribution < 1.29 is 14.7 Å². The molecule has 1 aromatic rings. The fraction of sp³-hybridized carbons (Fsp3) is 0.643. The van der Waals surface area contributed by atoms with Crippen LogP contribution in [0.4, 0.5) is 5.82 Å². The van der Waals surface area contributed by atoms with Crippen molar-refractivity contribution in [3.63, 3.8) is 0 Å². The van der Waals surface area contributed by atoms with Crippen LogP contribution in [0.3, 0.4) is 0 Å². The van der Waals surface area contributed by atoms with Gasteiger partial charge in [-0.15, -0.1) is 0 Å². The summed E-state index contributed by atoms with van der Waals surface area (Å²) in [7, 11) is 1.68. The third-order valence-corrected chi connectivity index (χ3v) is 3.65. The van der Waals surface area contributed by atoms with Gasteiger partial charge in [0.05, 0.1) is 6.10 Å². The monoisotopic (exact) mass is 294 g/mol. The molecule has 1 heterocycles. The Morgan fingerprint density at radius 2 is 2.14 bits per heavy atom. The quantitative estimate of drug-likeness (QED) is 0.743. The van der Waals surface area contributed by atoms with Gasteiger partial charge in [-0.1, -0.05) is 12.8 Å². The average Bonchev–Trinajstić information content (AvgIpc) is 3.06. The zero-order chi connectivity index (χ0) is 15.4. The van der Waals surface area contributed by atoms with Crippen molar-refractivity contribution >= 4 is 17.6 Å². The molecule has 1 saturated carbocycles. The number of hydrogen-bond acceptors (Lipinski definition) is 4. The van der Waals surface area contributed by atoms with E-state index in [1.165, 1.54) is 4.68 Å². The minimum absolute atomic E-state index is 0.00793. The van der Waals surface area contributed by atoms with Crippen LogP contribution in [0.15, 0.2) is 6.07 Å². The number of aliphatic hydroxyl groups excluding tert-OH is 1. The lowest BCUT2D eigenvalue weighted by Crippen LogP contribution is -2.30. The molecular formula is C14H22N4O3. The second kappa shape index (κ2) is 6.71. The Labute approximate surface area is 123 Å². The Hall–Kier alpha value is -1.89. The molecule has 2 rings (SSSR count). The lowest BCUT2D eigenvalue weighted by Gasteiger charge is -2.09. The number of carbonyl (C=O) groups is 2. The minimum atomic E-state index is -0.612. The molecule has 0 radical (unpaired) electrons. The molecular weight excluding hydrogens is 272 g/mol. The van der Waals surface area contributed by atoms with E-state index in [0.29, 0.717) is 5.82 Å². The Kier molecular flexibility index (Phi) is 4.95. The molecule has 0 spiro atoms. The van der Waals surface area contributed by atoms with Gasteiger partial charge in [-0.05, 0) is 19.8 Å². The van der Waals surface area contributed by atoms with E-state index in [2.05, 4.69) is 15.7 Å². The van der Waals surface area contributed by atoms with Crippen molar-refractivity contribution in [2.45, 2.75) is 38.7 Å². The summed E-state index contributed by atoms with van der Waals surface area (Å²) in [6.45, 7) is 1.76. The molecule has 21 heavy (non-hydrogen) atoms. The SMILES string of the molecule is CC(O)CNC(=O)c1cc(NC(=O)C2CCCC2)n(C)n1. The molecule has 0 aromatic carbocycles. The number of rotatable bonds is 5. The summed E-state index contributed by atoms with van der Waals surface area (Å²) in [5, 5.41) is 18.6. The van der Waals surface area contributed by atoms with Gasteiger partial charge in [-0.2, -0.15) is 5.10 Å². The van der Waals surface area contributed by atoms with E-state index < -0.39 is 6.10 Å². The highest BCUT2D eigenvalue weighted by Crippen LogP contribution is 2.26. The summed E-state index contributed by atoms with van der Waals surface area (Å²) < 4.78 is 1.48. The number of anilines is 1. The Balaban J connectivity index is 1.98. The van der Waals surface area contributed by atoms with E-state index in [9.17, 15) is 9.59 Å². The highest BCUT2D eigenvalue weighted by Gasteiger charge is 2.24. The van der Waals surface area contributed by atoms with Crippen LogP contribution in [0.5, 0.6) is 0 Å². The number of carbonyl (C=O) groups excluding carboxylic acids is 2. The second-order valence-electron chi connectivity index (χ2n) is 5.57. The van der Waals surface area contributed by atoms with Crippen LogP contribution < -0.4 is 10.6 Å². The molecule has 2 amide bonds. The fourth-order valence-corrected chi connectivity index (χ4v) is 2.44. The van der Waals surface area contributed by atoms with Gasteiger partial charge in [0.2, 0.25) is 5.91 Å². The van der Waals surface area contributed by atoms with Crippen molar-refractivity contribution in [2.24, 2.45) is 13.0 Å². The summed E-state index contributed by atoms with van der Waals surface area (Å²) >= 11 is 0. The lowest BCUT2D eigenvalue weighted by molar-refractivity contribution is -0.119. The number of nitrogens with zero attached hydrogens (tertiary/aromatic N) is 2. The van der Waals surface area contributed by atoms with E-state index >= 15 is 0 Å². The van der Waals surface area contributed by atoms with E-state index in [4.69, 9.17) is 5.11 Å². The first-order chi connectivity index (χ1) is 9.97. The first kappa shape index (κ1) is 15.5.